The Balaban J connectivity index is 1.75. The molecule has 0 aromatic carbocycles. The summed E-state index contributed by atoms with van der Waals surface area (Å²) >= 11 is 0. The van der Waals surface area contributed by atoms with Crippen molar-refractivity contribution < 1.29 is 14.8 Å². The van der Waals surface area contributed by atoms with Crippen molar-refractivity contribution in [3.05, 3.63) is 27.9 Å². The van der Waals surface area contributed by atoms with Gasteiger partial charge in [0.25, 0.3) is 0 Å². The van der Waals surface area contributed by atoms with Gasteiger partial charge in [0.2, 0.25) is 5.82 Å². The maximum atomic E-state index is 11.1. The summed E-state index contributed by atoms with van der Waals surface area (Å²) in [6.07, 6.45) is 4.53. The molecule has 1 aliphatic carbocycles. The van der Waals surface area contributed by atoms with Crippen molar-refractivity contribution in [2.24, 2.45) is 0 Å². The van der Waals surface area contributed by atoms with Gasteiger partial charge in [-0.2, -0.15) is 0 Å². The summed E-state index contributed by atoms with van der Waals surface area (Å²) in [5.74, 6) is -1.08. The number of anilines is 1. The Labute approximate surface area is 120 Å². The van der Waals surface area contributed by atoms with E-state index in [4.69, 9.17) is 5.11 Å². The van der Waals surface area contributed by atoms with Gasteiger partial charge in [-0.1, -0.05) is 0 Å². The Hall–Kier alpha value is -2.22. The first-order valence-corrected chi connectivity index (χ1v) is 6.93. The van der Waals surface area contributed by atoms with Gasteiger partial charge in [-0.05, 0) is 19.3 Å². The average molecular weight is 292 g/mol. The fraction of sp³-hybridized carbons (Fsp3) is 0.538. The first kappa shape index (κ1) is 13.7. The van der Waals surface area contributed by atoms with Crippen molar-refractivity contribution in [2.75, 3.05) is 18.4 Å². The number of carbonyl (C=O) groups is 1. The van der Waals surface area contributed by atoms with Crippen LogP contribution in [-0.2, 0) is 0 Å². The third kappa shape index (κ3) is 2.94. The Morgan fingerprint density at radius 3 is 2.86 bits per heavy atom. The molecular formula is C13H16N4O4. The maximum Gasteiger partial charge on any atom is 0.337 e. The average Bonchev–Trinajstić information content (AvgIpc) is 3.19. The topological polar surface area (TPSA) is 109 Å². The molecule has 1 aliphatic heterocycles. The zero-order chi connectivity index (χ0) is 15.0. The number of pyridine rings is 1. The highest BCUT2D eigenvalue weighted by atomic mass is 16.6. The lowest BCUT2D eigenvalue weighted by Crippen LogP contribution is -2.28. The normalized spacial score (nSPS) is 22.2. The number of carboxylic acid groups (broad SMARTS) is 1. The van der Waals surface area contributed by atoms with E-state index in [-0.39, 0.29) is 23.1 Å². The van der Waals surface area contributed by atoms with Gasteiger partial charge in [0, 0.05) is 37.4 Å². The van der Waals surface area contributed by atoms with Crippen molar-refractivity contribution in [1.82, 2.24) is 9.88 Å². The summed E-state index contributed by atoms with van der Waals surface area (Å²) in [6, 6.07) is 1.84. The predicted octanol–water partition coefficient (Wildman–Crippen LogP) is 1.34. The first-order valence-electron chi connectivity index (χ1n) is 6.93. The Kier molecular flexibility index (Phi) is 3.46. The van der Waals surface area contributed by atoms with Crippen molar-refractivity contribution in [3.8, 4) is 0 Å². The van der Waals surface area contributed by atoms with Gasteiger partial charge in [-0.3, -0.25) is 15.0 Å². The maximum absolute atomic E-state index is 11.1. The van der Waals surface area contributed by atoms with E-state index in [0.717, 1.165) is 31.8 Å². The first-order chi connectivity index (χ1) is 10.0. The number of hydrogen-bond acceptors (Lipinski definition) is 6. The van der Waals surface area contributed by atoms with Crippen LogP contribution in [0.1, 0.15) is 29.6 Å². The number of aromatic nitrogens is 1. The lowest BCUT2D eigenvalue weighted by Gasteiger charge is -2.16. The quantitative estimate of drug-likeness (QED) is 0.622. The summed E-state index contributed by atoms with van der Waals surface area (Å²) in [5.41, 5.74) is -0.474. The monoisotopic (exact) mass is 292 g/mol. The van der Waals surface area contributed by atoms with Crippen molar-refractivity contribution in [2.45, 2.75) is 31.3 Å². The van der Waals surface area contributed by atoms with Crippen LogP contribution in [0.3, 0.4) is 0 Å². The van der Waals surface area contributed by atoms with Crippen molar-refractivity contribution >= 4 is 17.5 Å². The highest BCUT2D eigenvalue weighted by molar-refractivity contribution is 5.88. The van der Waals surface area contributed by atoms with E-state index in [2.05, 4.69) is 15.2 Å². The molecule has 1 saturated heterocycles. The molecule has 1 unspecified atom stereocenters. The fourth-order valence-electron chi connectivity index (χ4n) is 2.69. The molecule has 1 atom stereocenters. The zero-order valence-corrected chi connectivity index (χ0v) is 11.4. The third-order valence-electron chi connectivity index (χ3n) is 3.94. The van der Waals surface area contributed by atoms with E-state index in [1.54, 1.807) is 0 Å². The number of nitrogens with zero attached hydrogens (tertiary/aromatic N) is 3. The zero-order valence-electron chi connectivity index (χ0n) is 11.4. The molecule has 1 saturated carbocycles. The van der Waals surface area contributed by atoms with E-state index in [1.165, 1.54) is 12.8 Å². The molecule has 2 aliphatic rings. The number of rotatable bonds is 5. The fourth-order valence-corrected chi connectivity index (χ4v) is 2.69. The highest BCUT2D eigenvalue weighted by Gasteiger charge is 2.35. The summed E-state index contributed by atoms with van der Waals surface area (Å²) in [7, 11) is 0. The molecule has 3 rings (SSSR count). The van der Waals surface area contributed by atoms with Crippen LogP contribution in [0, 0.1) is 10.1 Å². The SMILES string of the molecule is O=C(O)c1cnc(NC2CCN(C3CC3)C2)c([N+](=O)[O-])c1. The van der Waals surface area contributed by atoms with Crippen LogP contribution in [0.25, 0.3) is 0 Å². The molecular weight excluding hydrogens is 276 g/mol. The second kappa shape index (κ2) is 5.28. The largest absolute Gasteiger partial charge is 0.478 e. The number of aromatic carboxylic acids is 1. The molecule has 8 nitrogen and oxygen atoms in total. The Morgan fingerprint density at radius 1 is 1.48 bits per heavy atom. The molecule has 0 amide bonds. The lowest BCUT2D eigenvalue weighted by atomic mass is 10.2. The summed E-state index contributed by atoms with van der Waals surface area (Å²) in [6.45, 7) is 1.84. The van der Waals surface area contributed by atoms with Gasteiger partial charge in [-0.15, -0.1) is 0 Å². The second-order valence-corrected chi connectivity index (χ2v) is 5.51. The van der Waals surface area contributed by atoms with E-state index in [9.17, 15) is 14.9 Å². The number of likely N-dealkylation sites (tertiary alicyclic amines) is 1. The smallest absolute Gasteiger partial charge is 0.337 e. The number of carboxylic acids is 1. The molecule has 0 spiro atoms. The summed E-state index contributed by atoms with van der Waals surface area (Å²) < 4.78 is 0. The van der Waals surface area contributed by atoms with Crippen LogP contribution in [0.4, 0.5) is 11.5 Å². The molecule has 112 valence electrons. The van der Waals surface area contributed by atoms with Crippen molar-refractivity contribution in [1.29, 1.82) is 0 Å². The standard InChI is InChI=1S/C13H16N4O4/c18-13(19)8-5-11(17(20)21)12(14-6-8)15-9-3-4-16(7-9)10-1-2-10/h5-6,9-10H,1-4,7H2,(H,14,15)(H,18,19). The van der Waals surface area contributed by atoms with E-state index < -0.39 is 10.9 Å². The van der Waals surface area contributed by atoms with Crippen LogP contribution >= 0.6 is 0 Å². The van der Waals surface area contributed by atoms with Crippen LogP contribution < -0.4 is 5.32 Å². The molecule has 21 heavy (non-hydrogen) atoms. The highest BCUT2D eigenvalue weighted by Crippen LogP contribution is 2.31. The third-order valence-corrected chi connectivity index (χ3v) is 3.94. The van der Waals surface area contributed by atoms with E-state index in [0.29, 0.717) is 6.04 Å². The van der Waals surface area contributed by atoms with Crippen molar-refractivity contribution in [3.63, 3.8) is 0 Å². The molecule has 1 aromatic rings. The van der Waals surface area contributed by atoms with E-state index >= 15 is 0 Å². The summed E-state index contributed by atoms with van der Waals surface area (Å²) in [4.78, 5) is 27.6. The number of hydrogen-bond donors (Lipinski definition) is 2. The van der Waals surface area contributed by atoms with Gasteiger partial charge in [0.15, 0.2) is 0 Å². The minimum Gasteiger partial charge on any atom is -0.478 e. The van der Waals surface area contributed by atoms with E-state index in [1.807, 2.05) is 0 Å². The second-order valence-electron chi connectivity index (χ2n) is 5.51. The number of nitrogens with one attached hydrogen (secondary N) is 1. The molecule has 2 heterocycles. The molecule has 0 radical (unpaired) electrons. The van der Waals surface area contributed by atoms with Crippen LogP contribution in [-0.4, -0.2) is 51.1 Å². The van der Waals surface area contributed by atoms with Crippen LogP contribution in [0.15, 0.2) is 12.3 Å². The molecule has 0 bridgehead atoms. The number of nitro groups is 1. The Morgan fingerprint density at radius 2 is 2.24 bits per heavy atom. The molecule has 1 aromatic heterocycles. The van der Waals surface area contributed by atoms with Gasteiger partial charge in [0.05, 0.1) is 10.5 Å². The molecule has 2 N–H and O–H groups in total. The Bertz CT molecular complexity index is 588. The van der Waals surface area contributed by atoms with Crippen LogP contribution in [0.5, 0.6) is 0 Å². The molecule has 8 heteroatoms. The molecule has 2 fully saturated rings. The van der Waals surface area contributed by atoms with Crippen LogP contribution in [0.2, 0.25) is 0 Å². The summed E-state index contributed by atoms with van der Waals surface area (Å²) in [5, 5.41) is 23.0. The van der Waals surface area contributed by atoms with Gasteiger partial charge in [0.1, 0.15) is 0 Å². The van der Waals surface area contributed by atoms with Gasteiger partial charge < -0.3 is 10.4 Å². The lowest BCUT2D eigenvalue weighted by molar-refractivity contribution is -0.384. The van der Waals surface area contributed by atoms with Gasteiger partial charge in [-0.25, -0.2) is 9.78 Å². The van der Waals surface area contributed by atoms with Gasteiger partial charge >= 0.3 is 11.7 Å². The minimum atomic E-state index is -1.22. The minimum absolute atomic E-state index is 0.118. The predicted molar refractivity (Wildman–Crippen MR) is 74.5 cm³/mol.